The Labute approximate surface area is 107 Å². The summed E-state index contributed by atoms with van der Waals surface area (Å²) in [4.78, 5) is 0. The Kier molecular flexibility index (Phi) is 4.59. The topological polar surface area (TPSA) is 51.0 Å². The lowest BCUT2D eigenvalue weighted by molar-refractivity contribution is 0.0277. The molecule has 0 bridgehead atoms. The zero-order valence-corrected chi connectivity index (χ0v) is 10.6. The molecule has 0 saturated heterocycles. The summed E-state index contributed by atoms with van der Waals surface area (Å²) in [6, 6.07) is 7.91. The normalized spacial score (nSPS) is 19.6. The molecule has 0 atom stereocenters. The van der Waals surface area contributed by atoms with E-state index in [1.165, 1.54) is 0 Å². The van der Waals surface area contributed by atoms with E-state index < -0.39 is 0 Å². The van der Waals surface area contributed by atoms with Crippen LogP contribution in [0.4, 0.5) is 0 Å². The largest absolute Gasteiger partial charge is 0.497 e. The minimum Gasteiger partial charge on any atom is -0.497 e. The minimum atomic E-state index is 0.276. The second-order valence-electron chi connectivity index (χ2n) is 4.52. The number of hydrogen-bond donors (Lipinski definition) is 1. The SMILES string of the molecule is COc1ccc(COC2CCC(=NO)CC2)cc1. The van der Waals surface area contributed by atoms with E-state index in [-0.39, 0.29) is 6.10 Å². The van der Waals surface area contributed by atoms with Crippen LogP contribution in [0.3, 0.4) is 0 Å². The van der Waals surface area contributed by atoms with Gasteiger partial charge in [0.2, 0.25) is 0 Å². The van der Waals surface area contributed by atoms with Crippen LogP contribution in [0.2, 0.25) is 0 Å². The van der Waals surface area contributed by atoms with Crippen LogP contribution in [0.15, 0.2) is 29.4 Å². The van der Waals surface area contributed by atoms with E-state index in [1.54, 1.807) is 7.11 Å². The molecule has 1 aliphatic carbocycles. The van der Waals surface area contributed by atoms with Gasteiger partial charge in [-0.15, -0.1) is 0 Å². The zero-order valence-electron chi connectivity index (χ0n) is 10.6. The Bertz CT molecular complexity index is 390. The summed E-state index contributed by atoms with van der Waals surface area (Å²) >= 11 is 0. The maximum absolute atomic E-state index is 8.67. The van der Waals surface area contributed by atoms with Crippen molar-refractivity contribution in [1.82, 2.24) is 0 Å². The molecule has 1 aromatic rings. The Morgan fingerprint density at radius 2 is 1.89 bits per heavy atom. The first-order valence-electron chi connectivity index (χ1n) is 6.26. The highest BCUT2D eigenvalue weighted by Crippen LogP contribution is 2.20. The van der Waals surface area contributed by atoms with Crippen molar-refractivity contribution in [1.29, 1.82) is 0 Å². The molecule has 1 aliphatic rings. The van der Waals surface area contributed by atoms with Crippen LogP contribution >= 0.6 is 0 Å². The predicted octanol–water partition coefficient (Wildman–Crippen LogP) is 2.98. The Balaban J connectivity index is 1.77. The van der Waals surface area contributed by atoms with Crippen LogP contribution in [0.5, 0.6) is 5.75 Å². The Morgan fingerprint density at radius 3 is 2.44 bits per heavy atom. The molecule has 0 unspecified atom stereocenters. The van der Waals surface area contributed by atoms with E-state index in [1.807, 2.05) is 24.3 Å². The van der Waals surface area contributed by atoms with Gasteiger partial charge in [-0.3, -0.25) is 0 Å². The van der Waals surface area contributed by atoms with Crippen molar-refractivity contribution >= 4 is 5.71 Å². The number of oxime groups is 1. The second kappa shape index (κ2) is 6.40. The van der Waals surface area contributed by atoms with Crippen molar-refractivity contribution in [2.45, 2.75) is 38.4 Å². The van der Waals surface area contributed by atoms with Crippen LogP contribution < -0.4 is 4.74 Å². The summed E-state index contributed by atoms with van der Waals surface area (Å²) in [6.45, 7) is 0.625. The van der Waals surface area contributed by atoms with Gasteiger partial charge in [-0.1, -0.05) is 17.3 Å². The number of ether oxygens (including phenoxy) is 2. The monoisotopic (exact) mass is 249 g/mol. The molecule has 1 fully saturated rings. The first-order chi connectivity index (χ1) is 8.81. The van der Waals surface area contributed by atoms with Crippen LogP contribution in [-0.4, -0.2) is 24.1 Å². The van der Waals surface area contributed by atoms with Crippen molar-refractivity contribution in [3.8, 4) is 5.75 Å². The van der Waals surface area contributed by atoms with Crippen LogP contribution in [0, 0.1) is 0 Å². The molecular formula is C14H19NO3. The zero-order chi connectivity index (χ0) is 12.8. The van der Waals surface area contributed by atoms with Gasteiger partial charge in [0.05, 0.1) is 25.5 Å². The third-order valence-corrected chi connectivity index (χ3v) is 3.30. The summed E-state index contributed by atoms with van der Waals surface area (Å²) in [7, 11) is 1.66. The minimum absolute atomic E-state index is 0.276. The molecule has 0 spiro atoms. The van der Waals surface area contributed by atoms with Gasteiger partial charge in [0, 0.05) is 0 Å². The van der Waals surface area contributed by atoms with Gasteiger partial charge in [-0.2, -0.15) is 0 Å². The summed E-state index contributed by atoms with van der Waals surface area (Å²) < 4.78 is 11.0. The van der Waals surface area contributed by atoms with Crippen molar-refractivity contribution < 1.29 is 14.7 Å². The molecule has 0 amide bonds. The molecule has 0 aromatic heterocycles. The number of methoxy groups -OCH3 is 1. The molecule has 2 rings (SSSR count). The molecule has 18 heavy (non-hydrogen) atoms. The number of hydrogen-bond acceptors (Lipinski definition) is 4. The quantitative estimate of drug-likeness (QED) is 0.659. The number of rotatable bonds is 4. The smallest absolute Gasteiger partial charge is 0.118 e. The molecule has 1 aromatic carbocycles. The fourth-order valence-corrected chi connectivity index (χ4v) is 2.13. The summed E-state index contributed by atoms with van der Waals surface area (Å²) in [6.07, 6.45) is 3.83. The summed E-state index contributed by atoms with van der Waals surface area (Å²) in [5.74, 6) is 0.861. The van der Waals surface area contributed by atoms with Gasteiger partial charge in [0.25, 0.3) is 0 Å². The molecule has 1 saturated carbocycles. The summed E-state index contributed by atoms with van der Waals surface area (Å²) in [5, 5.41) is 11.9. The maximum Gasteiger partial charge on any atom is 0.118 e. The van der Waals surface area contributed by atoms with E-state index >= 15 is 0 Å². The van der Waals surface area contributed by atoms with Gasteiger partial charge in [-0.25, -0.2) is 0 Å². The van der Waals surface area contributed by atoms with Gasteiger partial charge in [0.1, 0.15) is 5.75 Å². The predicted molar refractivity (Wildman–Crippen MR) is 69.3 cm³/mol. The van der Waals surface area contributed by atoms with Crippen LogP contribution in [0.25, 0.3) is 0 Å². The van der Waals surface area contributed by atoms with E-state index in [4.69, 9.17) is 14.7 Å². The third kappa shape index (κ3) is 3.47. The molecule has 0 radical (unpaired) electrons. The van der Waals surface area contributed by atoms with Crippen molar-refractivity contribution in [2.24, 2.45) is 5.16 Å². The van der Waals surface area contributed by atoms with Gasteiger partial charge in [0.15, 0.2) is 0 Å². The maximum atomic E-state index is 8.67. The molecule has 4 heteroatoms. The van der Waals surface area contributed by atoms with Crippen LogP contribution in [0.1, 0.15) is 31.2 Å². The van der Waals surface area contributed by atoms with E-state index in [0.717, 1.165) is 42.7 Å². The highest BCUT2D eigenvalue weighted by molar-refractivity contribution is 5.84. The molecule has 1 N–H and O–H groups in total. The van der Waals surface area contributed by atoms with Gasteiger partial charge < -0.3 is 14.7 Å². The first-order valence-corrected chi connectivity index (χ1v) is 6.26. The van der Waals surface area contributed by atoms with E-state index in [9.17, 15) is 0 Å². The fraction of sp³-hybridized carbons (Fsp3) is 0.500. The molecule has 0 aliphatic heterocycles. The molecule has 4 nitrogen and oxygen atoms in total. The lowest BCUT2D eigenvalue weighted by Crippen LogP contribution is -2.21. The van der Waals surface area contributed by atoms with Crippen molar-refractivity contribution in [2.75, 3.05) is 7.11 Å². The highest BCUT2D eigenvalue weighted by atomic mass is 16.5. The molecular weight excluding hydrogens is 230 g/mol. The fourth-order valence-electron chi connectivity index (χ4n) is 2.13. The molecule has 98 valence electrons. The van der Waals surface area contributed by atoms with Crippen molar-refractivity contribution in [3.63, 3.8) is 0 Å². The Hall–Kier alpha value is -1.55. The highest BCUT2D eigenvalue weighted by Gasteiger charge is 2.18. The third-order valence-electron chi connectivity index (χ3n) is 3.30. The van der Waals surface area contributed by atoms with Gasteiger partial charge in [-0.05, 0) is 43.4 Å². The van der Waals surface area contributed by atoms with Gasteiger partial charge >= 0.3 is 0 Å². The first kappa shape index (κ1) is 12.9. The van der Waals surface area contributed by atoms with E-state index in [2.05, 4.69) is 5.16 Å². The second-order valence-corrected chi connectivity index (χ2v) is 4.52. The summed E-state index contributed by atoms with van der Waals surface area (Å²) in [5.41, 5.74) is 2.04. The lowest BCUT2D eigenvalue weighted by atomic mass is 9.96. The number of nitrogens with zero attached hydrogens (tertiary/aromatic N) is 1. The Morgan fingerprint density at radius 1 is 1.22 bits per heavy atom. The standard InChI is InChI=1S/C14H19NO3/c1-17-13-6-2-11(3-7-13)10-18-14-8-4-12(15-16)5-9-14/h2-3,6-7,14,16H,4-5,8-10H2,1H3. The van der Waals surface area contributed by atoms with Crippen LogP contribution in [-0.2, 0) is 11.3 Å². The van der Waals surface area contributed by atoms with E-state index in [0.29, 0.717) is 6.61 Å². The average molecular weight is 249 g/mol. The lowest BCUT2D eigenvalue weighted by Gasteiger charge is -2.22. The average Bonchev–Trinajstić information content (AvgIpc) is 2.46. The number of benzene rings is 1. The molecule has 0 heterocycles. The van der Waals surface area contributed by atoms with Crippen molar-refractivity contribution in [3.05, 3.63) is 29.8 Å².